The molecule has 0 aliphatic carbocycles. The van der Waals surface area contributed by atoms with E-state index < -0.39 is 10.0 Å². The molecule has 5 rings (SSSR count). The Kier molecular flexibility index (Phi) is 5.28. The van der Waals surface area contributed by atoms with Crippen LogP contribution in [-0.4, -0.2) is 49.8 Å². The number of carbonyl (C=O) groups excluding carboxylic acids is 1. The summed E-state index contributed by atoms with van der Waals surface area (Å²) in [6, 6.07) is 26.3. The number of carbonyl (C=O) groups is 1. The molecule has 0 radical (unpaired) electrons. The van der Waals surface area contributed by atoms with Gasteiger partial charge >= 0.3 is 6.03 Å². The lowest BCUT2D eigenvalue weighted by atomic mass is 10.1. The van der Waals surface area contributed by atoms with E-state index in [9.17, 15) is 13.2 Å². The van der Waals surface area contributed by atoms with Crippen LogP contribution in [0.25, 0.3) is 21.5 Å². The molecule has 2 amide bonds. The highest BCUT2D eigenvalue weighted by molar-refractivity contribution is 7.89. The number of nitrogens with zero attached hydrogens (tertiary/aromatic N) is 2. The van der Waals surface area contributed by atoms with Crippen LogP contribution in [0.4, 0.5) is 10.5 Å². The van der Waals surface area contributed by atoms with Crippen LogP contribution in [0.2, 0.25) is 0 Å². The molecule has 1 N–H and O–H groups in total. The first-order valence-corrected chi connectivity index (χ1v) is 12.0. The Balaban J connectivity index is 1.28. The van der Waals surface area contributed by atoms with E-state index in [0.29, 0.717) is 13.1 Å². The smallest absolute Gasteiger partial charge is 0.321 e. The van der Waals surface area contributed by atoms with Crippen molar-refractivity contribution in [2.24, 2.45) is 0 Å². The molecule has 0 saturated carbocycles. The van der Waals surface area contributed by atoms with E-state index in [1.165, 1.54) is 4.31 Å². The minimum atomic E-state index is -3.62. The molecule has 0 bridgehead atoms. The average Bonchev–Trinajstić information content (AvgIpc) is 2.84. The number of hydrogen-bond donors (Lipinski definition) is 1. The van der Waals surface area contributed by atoms with Crippen LogP contribution in [0.1, 0.15) is 0 Å². The summed E-state index contributed by atoms with van der Waals surface area (Å²) in [5.74, 6) is 0. The zero-order valence-electron chi connectivity index (χ0n) is 17.4. The van der Waals surface area contributed by atoms with Gasteiger partial charge in [0.2, 0.25) is 10.0 Å². The van der Waals surface area contributed by atoms with Crippen LogP contribution < -0.4 is 5.32 Å². The van der Waals surface area contributed by atoms with Crippen molar-refractivity contribution >= 4 is 43.3 Å². The minimum absolute atomic E-state index is 0.218. The maximum atomic E-state index is 13.2. The Morgan fingerprint density at radius 2 is 1.38 bits per heavy atom. The zero-order chi connectivity index (χ0) is 22.1. The second-order valence-electron chi connectivity index (χ2n) is 7.86. The first kappa shape index (κ1) is 20.5. The maximum Gasteiger partial charge on any atom is 0.321 e. The third kappa shape index (κ3) is 3.81. The Morgan fingerprint density at radius 3 is 2.16 bits per heavy atom. The summed E-state index contributed by atoms with van der Waals surface area (Å²) < 4.78 is 27.8. The molecule has 7 heteroatoms. The standard InChI is InChI=1S/C25H23N3O3S/c29-25(26-24-11-5-9-20-7-3-4-10-23(20)24)27-14-16-28(17-15-27)32(30,31)22-13-12-19-6-1-2-8-21(19)18-22/h1-13,18H,14-17H2,(H,26,29). The topological polar surface area (TPSA) is 69.7 Å². The second-order valence-corrected chi connectivity index (χ2v) is 9.79. The van der Waals surface area contributed by atoms with E-state index >= 15 is 0 Å². The number of rotatable bonds is 3. The number of benzene rings is 4. The number of hydrogen-bond acceptors (Lipinski definition) is 3. The third-order valence-corrected chi connectivity index (χ3v) is 7.81. The molecule has 4 aromatic carbocycles. The fourth-order valence-corrected chi connectivity index (χ4v) is 5.60. The molecule has 0 aromatic heterocycles. The highest BCUT2D eigenvalue weighted by Gasteiger charge is 2.30. The van der Waals surface area contributed by atoms with Gasteiger partial charge in [-0.2, -0.15) is 4.31 Å². The van der Waals surface area contributed by atoms with E-state index in [1.54, 1.807) is 17.0 Å². The van der Waals surface area contributed by atoms with Crippen molar-refractivity contribution in [3.63, 3.8) is 0 Å². The lowest BCUT2D eigenvalue weighted by Gasteiger charge is -2.34. The minimum Gasteiger partial charge on any atom is -0.322 e. The molecule has 1 aliphatic heterocycles. The second kappa shape index (κ2) is 8.26. The van der Waals surface area contributed by atoms with Crippen LogP contribution >= 0.6 is 0 Å². The monoisotopic (exact) mass is 445 g/mol. The Labute approximate surface area is 187 Å². The van der Waals surface area contributed by atoms with E-state index in [-0.39, 0.29) is 24.0 Å². The largest absolute Gasteiger partial charge is 0.322 e. The van der Waals surface area contributed by atoms with Gasteiger partial charge in [0, 0.05) is 31.6 Å². The van der Waals surface area contributed by atoms with Crippen LogP contribution in [0, 0.1) is 0 Å². The first-order chi connectivity index (χ1) is 15.5. The number of piperazine rings is 1. The SMILES string of the molecule is O=C(Nc1cccc2ccccc12)N1CCN(S(=O)(=O)c2ccc3ccccc3c2)CC1. The summed E-state index contributed by atoms with van der Waals surface area (Å²) in [4.78, 5) is 14.8. The summed E-state index contributed by atoms with van der Waals surface area (Å²) in [7, 11) is -3.62. The quantitative estimate of drug-likeness (QED) is 0.504. The van der Waals surface area contributed by atoms with Gasteiger partial charge in [-0.25, -0.2) is 13.2 Å². The number of fused-ring (bicyclic) bond motifs is 2. The van der Waals surface area contributed by atoms with Gasteiger partial charge in [0.25, 0.3) is 0 Å². The first-order valence-electron chi connectivity index (χ1n) is 10.5. The van der Waals surface area contributed by atoms with E-state index in [1.807, 2.05) is 72.8 Å². The van der Waals surface area contributed by atoms with Gasteiger partial charge in [0.05, 0.1) is 10.6 Å². The fourth-order valence-electron chi connectivity index (χ4n) is 4.14. The van der Waals surface area contributed by atoms with Crippen molar-refractivity contribution < 1.29 is 13.2 Å². The molecule has 0 unspecified atom stereocenters. The predicted molar refractivity (Wildman–Crippen MR) is 127 cm³/mol. The Morgan fingerprint density at radius 1 is 0.719 bits per heavy atom. The molecular weight excluding hydrogens is 422 g/mol. The van der Waals surface area contributed by atoms with E-state index in [4.69, 9.17) is 0 Å². The molecular formula is C25H23N3O3S. The predicted octanol–water partition coefficient (Wildman–Crippen LogP) is 4.53. The third-order valence-electron chi connectivity index (χ3n) is 5.92. The highest BCUT2D eigenvalue weighted by Crippen LogP contribution is 2.25. The number of amides is 2. The zero-order valence-corrected chi connectivity index (χ0v) is 18.3. The lowest BCUT2D eigenvalue weighted by molar-refractivity contribution is 0.184. The normalized spacial score (nSPS) is 15.2. The molecule has 1 fully saturated rings. The summed E-state index contributed by atoms with van der Waals surface area (Å²) >= 11 is 0. The van der Waals surface area contributed by atoms with Gasteiger partial charge in [-0.3, -0.25) is 0 Å². The van der Waals surface area contributed by atoms with E-state index in [0.717, 1.165) is 27.2 Å². The number of anilines is 1. The Hall–Kier alpha value is -3.42. The molecule has 162 valence electrons. The molecule has 0 atom stereocenters. The molecule has 6 nitrogen and oxygen atoms in total. The molecule has 4 aromatic rings. The van der Waals surface area contributed by atoms with E-state index in [2.05, 4.69) is 5.32 Å². The van der Waals surface area contributed by atoms with Crippen molar-refractivity contribution in [1.82, 2.24) is 9.21 Å². The van der Waals surface area contributed by atoms with Gasteiger partial charge in [-0.15, -0.1) is 0 Å². The summed E-state index contributed by atoms with van der Waals surface area (Å²) in [5, 5.41) is 6.90. The van der Waals surface area contributed by atoms with Gasteiger partial charge in [-0.05, 0) is 34.4 Å². The summed E-state index contributed by atoms with van der Waals surface area (Å²) in [6.07, 6.45) is 0. The summed E-state index contributed by atoms with van der Waals surface area (Å²) in [5.41, 5.74) is 0.749. The van der Waals surface area contributed by atoms with Crippen molar-refractivity contribution in [2.75, 3.05) is 31.5 Å². The van der Waals surface area contributed by atoms with Crippen molar-refractivity contribution in [2.45, 2.75) is 4.90 Å². The molecule has 0 spiro atoms. The summed E-state index contributed by atoms with van der Waals surface area (Å²) in [6.45, 7) is 1.20. The highest BCUT2D eigenvalue weighted by atomic mass is 32.2. The van der Waals surface area contributed by atoms with Crippen LogP contribution in [0.3, 0.4) is 0 Å². The van der Waals surface area contributed by atoms with Crippen LogP contribution in [0.15, 0.2) is 89.8 Å². The number of sulfonamides is 1. The molecule has 1 saturated heterocycles. The number of nitrogens with one attached hydrogen (secondary N) is 1. The van der Waals surface area contributed by atoms with Crippen molar-refractivity contribution in [1.29, 1.82) is 0 Å². The Bertz CT molecular complexity index is 1410. The van der Waals surface area contributed by atoms with Gasteiger partial charge in [-0.1, -0.05) is 66.7 Å². The lowest BCUT2D eigenvalue weighted by Crippen LogP contribution is -2.51. The average molecular weight is 446 g/mol. The van der Waals surface area contributed by atoms with Gasteiger partial charge in [0.15, 0.2) is 0 Å². The number of urea groups is 1. The van der Waals surface area contributed by atoms with Crippen LogP contribution in [-0.2, 0) is 10.0 Å². The fraction of sp³-hybridized carbons (Fsp3) is 0.160. The van der Waals surface area contributed by atoms with Gasteiger partial charge in [0.1, 0.15) is 0 Å². The molecule has 32 heavy (non-hydrogen) atoms. The maximum absolute atomic E-state index is 13.2. The van der Waals surface area contributed by atoms with Crippen molar-refractivity contribution in [3.05, 3.63) is 84.9 Å². The van der Waals surface area contributed by atoms with Crippen LogP contribution in [0.5, 0.6) is 0 Å². The van der Waals surface area contributed by atoms with Crippen molar-refractivity contribution in [3.8, 4) is 0 Å². The van der Waals surface area contributed by atoms with Gasteiger partial charge < -0.3 is 10.2 Å². The molecule has 1 aliphatic rings. The molecule has 1 heterocycles.